The highest BCUT2D eigenvalue weighted by Crippen LogP contribution is 2.19. The van der Waals surface area contributed by atoms with Crippen molar-refractivity contribution in [2.45, 2.75) is 34.1 Å². The highest BCUT2D eigenvalue weighted by Gasteiger charge is 2.26. The average molecular weight is 609 g/mol. The standard InChI is InChI=1S/C27H36N4O12/c1-5-23(35)43-13-9-31-27(39)22-15-20(25(37)29-7-11-41-17(3)33)19(24(36)28-6-10-40-16(2)32)14-21(22)26(38)30-8-12-42-18(4)34/h14-15H,5-13H2,1-4H3,(H,28,36)(H,29,37)(H,30,38)(H,31,39). The van der Waals surface area contributed by atoms with Gasteiger partial charge in [0, 0.05) is 27.2 Å². The third-order valence-corrected chi connectivity index (χ3v) is 5.15. The van der Waals surface area contributed by atoms with Crippen molar-refractivity contribution >= 4 is 47.5 Å². The molecule has 0 aliphatic carbocycles. The minimum absolute atomic E-state index is 0.125. The number of esters is 4. The van der Waals surface area contributed by atoms with Crippen LogP contribution in [0.5, 0.6) is 0 Å². The molecule has 1 aromatic carbocycles. The SMILES string of the molecule is CCC(=O)OCCNC(=O)c1cc(C(=O)NCCOC(C)=O)c(C(=O)NCCOC(C)=O)cc1C(=O)NCCOC(C)=O. The van der Waals surface area contributed by atoms with Crippen molar-refractivity contribution in [3.8, 4) is 0 Å². The molecule has 0 atom stereocenters. The van der Waals surface area contributed by atoms with Crippen molar-refractivity contribution in [2.24, 2.45) is 0 Å². The number of carbonyl (C=O) groups is 8. The summed E-state index contributed by atoms with van der Waals surface area (Å²) in [5, 5.41) is 9.88. The lowest BCUT2D eigenvalue weighted by Crippen LogP contribution is -2.36. The molecule has 0 saturated heterocycles. The van der Waals surface area contributed by atoms with E-state index < -0.39 is 47.5 Å². The topological polar surface area (TPSA) is 222 Å². The fraction of sp³-hybridized carbons (Fsp3) is 0.481. The van der Waals surface area contributed by atoms with Crippen molar-refractivity contribution in [3.05, 3.63) is 34.4 Å². The van der Waals surface area contributed by atoms with Gasteiger partial charge >= 0.3 is 23.9 Å². The fourth-order valence-electron chi connectivity index (χ4n) is 3.24. The molecular weight excluding hydrogens is 572 g/mol. The second-order valence-corrected chi connectivity index (χ2v) is 8.56. The van der Waals surface area contributed by atoms with Crippen molar-refractivity contribution < 1.29 is 57.3 Å². The van der Waals surface area contributed by atoms with Crippen LogP contribution in [-0.2, 0) is 38.1 Å². The first kappa shape index (κ1) is 36.0. The molecule has 0 spiro atoms. The lowest BCUT2D eigenvalue weighted by Gasteiger charge is -2.17. The molecule has 236 valence electrons. The van der Waals surface area contributed by atoms with Gasteiger partial charge in [-0.1, -0.05) is 6.92 Å². The van der Waals surface area contributed by atoms with Gasteiger partial charge in [0.15, 0.2) is 0 Å². The molecule has 0 saturated carbocycles. The molecule has 1 rings (SSSR count). The fourth-order valence-corrected chi connectivity index (χ4v) is 3.24. The maximum atomic E-state index is 13.1. The van der Waals surface area contributed by atoms with Gasteiger partial charge in [-0.25, -0.2) is 0 Å². The molecule has 0 aliphatic heterocycles. The van der Waals surface area contributed by atoms with E-state index in [0.29, 0.717) is 0 Å². The van der Waals surface area contributed by atoms with Gasteiger partial charge in [-0.3, -0.25) is 38.4 Å². The number of nitrogens with one attached hydrogen (secondary N) is 4. The van der Waals surface area contributed by atoms with E-state index in [2.05, 4.69) is 21.3 Å². The van der Waals surface area contributed by atoms with Gasteiger partial charge in [-0.2, -0.15) is 0 Å². The third-order valence-electron chi connectivity index (χ3n) is 5.15. The van der Waals surface area contributed by atoms with E-state index in [4.69, 9.17) is 18.9 Å². The second kappa shape index (κ2) is 19.2. The zero-order valence-corrected chi connectivity index (χ0v) is 24.4. The monoisotopic (exact) mass is 608 g/mol. The molecule has 0 aromatic heterocycles. The Hall–Kier alpha value is -5.02. The Morgan fingerprint density at radius 3 is 0.977 bits per heavy atom. The molecule has 1 aromatic rings. The van der Waals surface area contributed by atoms with Crippen LogP contribution in [-0.4, -0.2) is 100 Å². The minimum Gasteiger partial charge on any atom is -0.464 e. The van der Waals surface area contributed by atoms with Gasteiger partial charge in [-0.05, 0) is 12.1 Å². The van der Waals surface area contributed by atoms with E-state index in [1.54, 1.807) is 6.92 Å². The molecule has 16 nitrogen and oxygen atoms in total. The Morgan fingerprint density at radius 1 is 0.488 bits per heavy atom. The van der Waals surface area contributed by atoms with Crippen LogP contribution >= 0.6 is 0 Å². The zero-order chi connectivity index (χ0) is 32.4. The summed E-state index contributed by atoms with van der Waals surface area (Å²) in [6, 6.07) is 2.08. The Bertz CT molecular complexity index is 1210. The Labute approximate surface area is 247 Å². The molecule has 16 heteroatoms. The normalized spacial score (nSPS) is 10.0. The van der Waals surface area contributed by atoms with Crippen LogP contribution in [0.3, 0.4) is 0 Å². The first-order chi connectivity index (χ1) is 20.4. The van der Waals surface area contributed by atoms with Crippen LogP contribution in [0.25, 0.3) is 0 Å². The average Bonchev–Trinajstić information content (AvgIpc) is 2.96. The largest absolute Gasteiger partial charge is 0.464 e. The number of ether oxygens (including phenoxy) is 4. The van der Waals surface area contributed by atoms with Crippen LogP contribution < -0.4 is 21.3 Å². The van der Waals surface area contributed by atoms with Gasteiger partial charge < -0.3 is 40.2 Å². The van der Waals surface area contributed by atoms with Gasteiger partial charge in [-0.15, -0.1) is 0 Å². The summed E-state index contributed by atoms with van der Waals surface area (Å²) in [4.78, 5) is 96.9. The highest BCUT2D eigenvalue weighted by atomic mass is 16.5. The third kappa shape index (κ3) is 13.9. The lowest BCUT2D eigenvalue weighted by atomic mass is 9.95. The molecule has 0 bridgehead atoms. The Balaban J connectivity index is 3.42. The van der Waals surface area contributed by atoms with Gasteiger partial charge in [0.05, 0.1) is 48.4 Å². The maximum Gasteiger partial charge on any atom is 0.305 e. The van der Waals surface area contributed by atoms with E-state index in [1.807, 2.05) is 0 Å². The first-order valence-electron chi connectivity index (χ1n) is 13.2. The van der Waals surface area contributed by atoms with Gasteiger partial charge in [0.1, 0.15) is 26.4 Å². The Morgan fingerprint density at radius 2 is 0.744 bits per heavy atom. The molecule has 0 radical (unpaired) electrons. The summed E-state index contributed by atoms with van der Waals surface area (Å²) in [5.41, 5.74) is -1.20. The minimum atomic E-state index is -0.829. The van der Waals surface area contributed by atoms with Crippen LogP contribution in [0, 0.1) is 0 Å². The highest BCUT2D eigenvalue weighted by molar-refractivity contribution is 6.14. The number of hydrogen-bond donors (Lipinski definition) is 4. The van der Waals surface area contributed by atoms with Crippen LogP contribution in [0.1, 0.15) is 75.5 Å². The van der Waals surface area contributed by atoms with E-state index in [9.17, 15) is 38.4 Å². The van der Waals surface area contributed by atoms with E-state index in [-0.39, 0.29) is 81.3 Å². The molecule has 4 amide bonds. The smallest absolute Gasteiger partial charge is 0.305 e. The summed E-state index contributed by atoms with van der Waals surface area (Å²) in [6.45, 7) is 3.97. The van der Waals surface area contributed by atoms with E-state index in [1.165, 1.54) is 20.8 Å². The van der Waals surface area contributed by atoms with Crippen molar-refractivity contribution in [3.63, 3.8) is 0 Å². The quantitative estimate of drug-likeness (QED) is 0.0974. The van der Waals surface area contributed by atoms with Crippen molar-refractivity contribution in [1.82, 2.24) is 21.3 Å². The molecule has 4 N–H and O–H groups in total. The molecule has 43 heavy (non-hydrogen) atoms. The predicted octanol–water partition coefficient (Wildman–Crippen LogP) is -0.752. The number of hydrogen-bond acceptors (Lipinski definition) is 12. The number of amides is 4. The van der Waals surface area contributed by atoms with Gasteiger partial charge in [0.25, 0.3) is 23.6 Å². The summed E-state index contributed by atoms with van der Waals surface area (Å²) in [6.07, 6.45) is 0.131. The molecule has 0 heterocycles. The number of benzene rings is 1. The Kier molecular flexibility index (Phi) is 16.0. The summed E-state index contributed by atoms with van der Waals surface area (Å²) in [7, 11) is 0. The molecule has 0 unspecified atom stereocenters. The van der Waals surface area contributed by atoms with Gasteiger partial charge in [0.2, 0.25) is 0 Å². The lowest BCUT2D eigenvalue weighted by molar-refractivity contribution is -0.143. The summed E-state index contributed by atoms with van der Waals surface area (Å²) in [5.74, 6) is -5.52. The summed E-state index contributed by atoms with van der Waals surface area (Å²) < 4.78 is 19.3. The summed E-state index contributed by atoms with van der Waals surface area (Å²) >= 11 is 0. The second-order valence-electron chi connectivity index (χ2n) is 8.56. The number of carbonyl (C=O) groups excluding carboxylic acids is 8. The van der Waals surface area contributed by atoms with Crippen molar-refractivity contribution in [1.29, 1.82) is 0 Å². The predicted molar refractivity (Wildman–Crippen MR) is 147 cm³/mol. The maximum absolute atomic E-state index is 13.1. The first-order valence-corrected chi connectivity index (χ1v) is 13.2. The van der Waals surface area contributed by atoms with E-state index in [0.717, 1.165) is 12.1 Å². The van der Waals surface area contributed by atoms with Crippen LogP contribution in [0.2, 0.25) is 0 Å². The molecule has 0 fully saturated rings. The zero-order valence-electron chi connectivity index (χ0n) is 24.4. The van der Waals surface area contributed by atoms with Crippen LogP contribution in [0.15, 0.2) is 12.1 Å². The molecular formula is C27H36N4O12. The van der Waals surface area contributed by atoms with Crippen molar-refractivity contribution in [2.75, 3.05) is 52.6 Å². The van der Waals surface area contributed by atoms with Crippen LogP contribution in [0.4, 0.5) is 0 Å². The number of rotatable bonds is 17. The molecule has 0 aliphatic rings. The van der Waals surface area contributed by atoms with E-state index >= 15 is 0 Å².